The molecule has 1 unspecified atom stereocenters. The monoisotopic (exact) mass is 487 g/mol. The van der Waals surface area contributed by atoms with Crippen molar-refractivity contribution in [3.8, 4) is 11.8 Å². The number of nitrogens with zero attached hydrogens (tertiary/aromatic N) is 6. The smallest absolute Gasteiger partial charge is 0.246 e. The molecule has 3 saturated heterocycles. The standard InChI is InChI=1S/C26H29N7O3/c1-2-24(34)32-6-4-18(15-32)33-13-17(14-33)20-11-21-25(22(12-27)29-20)36-16-19-23(3-5-28-26(19)30-21)31-7-9-35-10-8-31/h2-3,5,11,17-18H,1,4,6-10,13-16H2,(H,28,30). The lowest BCUT2D eigenvalue weighted by molar-refractivity contribution is -0.125. The zero-order valence-corrected chi connectivity index (χ0v) is 20.2. The van der Waals surface area contributed by atoms with Crippen molar-refractivity contribution in [2.45, 2.75) is 25.0 Å². The number of ether oxygens (including phenoxy) is 2. The van der Waals surface area contributed by atoms with Crippen LogP contribution in [-0.2, 0) is 16.1 Å². The highest BCUT2D eigenvalue weighted by atomic mass is 16.5. The van der Waals surface area contributed by atoms with Crippen LogP contribution in [0.2, 0.25) is 0 Å². The predicted molar refractivity (Wildman–Crippen MR) is 133 cm³/mol. The molecule has 2 aromatic heterocycles. The van der Waals surface area contributed by atoms with Gasteiger partial charge >= 0.3 is 0 Å². The Morgan fingerprint density at radius 3 is 2.86 bits per heavy atom. The first kappa shape index (κ1) is 22.8. The Morgan fingerprint density at radius 2 is 2.08 bits per heavy atom. The SMILES string of the molecule is C=CC(=O)N1CCC(N2CC(c3cc4c(c(C#N)n3)OCc3c(N5CCOCC5)ccnc3N4)C2)C1. The maximum atomic E-state index is 11.9. The van der Waals surface area contributed by atoms with Gasteiger partial charge in [-0.3, -0.25) is 9.69 Å². The molecule has 10 nitrogen and oxygen atoms in total. The van der Waals surface area contributed by atoms with E-state index in [9.17, 15) is 10.1 Å². The van der Waals surface area contributed by atoms with Crippen molar-refractivity contribution >= 4 is 23.1 Å². The molecule has 6 heterocycles. The number of nitrogens with one attached hydrogen (secondary N) is 1. The van der Waals surface area contributed by atoms with E-state index >= 15 is 0 Å². The molecule has 36 heavy (non-hydrogen) atoms. The largest absolute Gasteiger partial charge is 0.483 e. The highest BCUT2D eigenvalue weighted by Crippen LogP contribution is 2.41. The maximum absolute atomic E-state index is 11.9. The van der Waals surface area contributed by atoms with E-state index in [1.807, 2.05) is 17.0 Å². The van der Waals surface area contributed by atoms with E-state index in [-0.39, 0.29) is 17.5 Å². The van der Waals surface area contributed by atoms with Crippen molar-refractivity contribution in [2.24, 2.45) is 0 Å². The predicted octanol–water partition coefficient (Wildman–Crippen LogP) is 2.01. The van der Waals surface area contributed by atoms with Gasteiger partial charge in [0.05, 0.1) is 24.5 Å². The van der Waals surface area contributed by atoms with Gasteiger partial charge in [0.15, 0.2) is 11.4 Å². The molecule has 1 amide bonds. The third kappa shape index (κ3) is 4.04. The summed E-state index contributed by atoms with van der Waals surface area (Å²) in [5, 5.41) is 13.3. The molecular formula is C26H29N7O3. The Balaban J connectivity index is 1.21. The fraction of sp³-hybridized carbons (Fsp3) is 0.462. The average molecular weight is 488 g/mol. The van der Waals surface area contributed by atoms with Crippen LogP contribution in [-0.4, -0.2) is 84.2 Å². The molecule has 1 N–H and O–H groups in total. The number of morpholine rings is 1. The fourth-order valence-corrected chi connectivity index (χ4v) is 5.55. The molecule has 0 spiro atoms. The molecule has 4 aliphatic rings. The topological polar surface area (TPSA) is 107 Å². The Labute approximate surface area is 210 Å². The second-order valence-corrected chi connectivity index (χ2v) is 9.64. The minimum atomic E-state index is -0.00241. The van der Waals surface area contributed by atoms with Crippen LogP contribution in [0.5, 0.6) is 5.75 Å². The van der Waals surface area contributed by atoms with Gasteiger partial charge in [-0.05, 0) is 24.6 Å². The molecule has 10 heteroatoms. The average Bonchev–Trinajstić information content (AvgIpc) is 3.28. The summed E-state index contributed by atoms with van der Waals surface area (Å²) in [5.41, 5.74) is 3.94. The number of anilines is 3. The fourth-order valence-electron chi connectivity index (χ4n) is 5.55. The van der Waals surface area contributed by atoms with Crippen molar-refractivity contribution < 1.29 is 14.3 Å². The van der Waals surface area contributed by atoms with Gasteiger partial charge in [0, 0.05) is 68.8 Å². The summed E-state index contributed by atoms with van der Waals surface area (Å²) < 4.78 is 11.7. The second kappa shape index (κ2) is 9.41. The van der Waals surface area contributed by atoms with Gasteiger partial charge < -0.3 is 24.6 Å². The van der Waals surface area contributed by atoms with Crippen LogP contribution >= 0.6 is 0 Å². The number of amides is 1. The van der Waals surface area contributed by atoms with Crippen LogP contribution in [0.25, 0.3) is 0 Å². The highest BCUT2D eigenvalue weighted by molar-refractivity contribution is 5.87. The normalized spacial score (nSPS) is 21.8. The zero-order valence-electron chi connectivity index (χ0n) is 20.2. The molecule has 0 bridgehead atoms. The second-order valence-electron chi connectivity index (χ2n) is 9.64. The minimum Gasteiger partial charge on any atom is -0.483 e. The van der Waals surface area contributed by atoms with Crippen molar-refractivity contribution in [1.82, 2.24) is 19.8 Å². The first-order chi connectivity index (χ1) is 17.6. The number of hydrogen-bond acceptors (Lipinski definition) is 9. The minimum absolute atomic E-state index is 0.00241. The number of fused-ring (bicyclic) bond motifs is 2. The number of nitriles is 1. The van der Waals surface area contributed by atoms with Gasteiger partial charge in [-0.2, -0.15) is 5.26 Å². The third-order valence-electron chi connectivity index (χ3n) is 7.59. The van der Waals surface area contributed by atoms with E-state index in [1.165, 1.54) is 6.08 Å². The lowest BCUT2D eigenvalue weighted by atomic mass is 9.92. The van der Waals surface area contributed by atoms with Gasteiger partial charge in [0.1, 0.15) is 18.5 Å². The summed E-state index contributed by atoms with van der Waals surface area (Å²) in [5.74, 6) is 1.44. The highest BCUT2D eigenvalue weighted by Gasteiger charge is 2.38. The van der Waals surface area contributed by atoms with E-state index in [0.29, 0.717) is 31.6 Å². The molecule has 3 fully saturated rings. The molecule has 0 saturated carbocycles. The van der Waals surface area contributed by atoms with Gasteiger partial charge in [0.2, 0.25) is 5.91 Å². The summed E-state index contributed by atoms with van der Waals surface area (Å²) in [6, 6.07) is 6.60. The number of carbonyl (C=O) groups is 1. The number of aromatic nitrogens is 2. The molecule has 0 aromatic carbocycles. The number of likely N-dealkylation sites (tertiary alicyclic amines) is 2. The quantitative estimate of drug-likeness (QED) is 0.648. The Bertz CT molecular complexity index is 1230. The van der Waals surface area contributed by atoms with Crippen LogP contribution in [0.3, 0.4) is 0 Å². The lowest BCUT2D eigenvalue weighted by Crippen LogP contribution is -2.52. The van der Waals surface area contributed by atoms with E-state index in [4.69, 9.17) is 9.47 Å². The number of rotatable bonds is 4. The van der Waals surface area contributed by atoms with Crippen LogP contribution in [0.1, 0.15) is 29.3 Å². The summed E-state index contributed by atoms with van der Waals surface area (Å²) in [6.45, 7) is 10.1. The molecular weight excluding hydrogens is 458 g/mol. The van der Waals surface area contributed by atoms with Gasteiger partial charge in [-0.25, -0.2) is 9.97 Å². The number of hydrogen-bond donors (Lipinski definition) is 1. The van der Waals surface area contributed by atoms with E-state index < -0.39 is 0 Å². The zero-order chi connectivity index (χ0) is 24.6. The van der Waals surface area contributed by atoms with Crippen LogP contribution in [0, 0.1) is 11.3 Å². The molecule has 186 valence electrons. The van der Waals surface area contributed by atoms with E-state index in [0.717, 1.165) is 74.1 Å². The number of carbonyl (C=O) groups excluding carboxylic acids is 1. The molecule has 6 rings (SSSR count). The van der Waals surface area contributed by atoms with Gasteiger partial charge in [-0.1, -0.05) is 6.58 Å². The molecule has 2 aromatic rings. The van der Waals surface area contributed by atoms with Crippen molar-refractivity contribution in [1.29, 1.82) is 5.26 Å². The molecule has 4 aliphatic heterocycles. The summed E-state index contributed by atoms with van der Waals surface area (Å²) in [7, 11) is 0. The van der Waals surface area contributed by atoms with Crippen LogP contribution < -0.4 is 15.0 Å². The summed E-state index contributed by atoms with van der Waals surface area (Å²) in [4.78, 5) is 27.7. The first-order valence-electron chi connectivity index (χ1n) is 12.5. The molecule has 0 aliphatic carbocycles. The van der Waals surface area contributed by atoms with Crippen LogP contribution in [0.4, 0.5) is 17.2 Å². The van der Waals surface area contributed by atoms with Crippen molar-refractivity contribution in [3.63, 3.8) is 0 Å². The maximum Gasteiger partial charge on any atom is 0.246 e. The summed E-state index contributed by atoms with van der Waals surface area (Å²) in [6.07, 6.45) is 4.16. The van der Waals surface area contributed by atoms with Gasteiger partial charge in [0.25, 0.3) is 0 Å². The summed E-state index contributed by atoms with van der Waals surface area (Å²) >= 11 is 0. The first-order valence-corrected chi connectivity index (χ1v) is 12.5. The van der Waals surface area contributed by atoms with E-state index in [2.05, 4.69) is 37.7 Å². The van der Waals surface area contributed by atoms with Crippen molar-refractivity contribution in [3.05, 3.63) is 47.9 Å². The van der Waals surface area contributed by atoms with Crippen molar-refractivity contribution in [2.75, 3.05) is 62.7 Å². The van der Waals surface area contributed by atoms with Gasteiger partial charge in [-0.15, -0.1) is 0 Å². The van der Waals surface area contributed by atoms with Crippen LogP contribution in [0.15, 0.2) is 31.0 Å². The Hall–Kier alpha value is -3.68. The third-order valence-corrected chi connectivity index (χ3v) is 7.59. The van der Waals surface area contributed by atoms with E-state index in [1.54, 1.807) is 6.20 Å². The lowest BCUT2D eigenvalue weighted by Gasteiger charge is -2.43. The Morgan fingerprint density at radius 1 is 1.25 bits per heavy atom. The number of pyridine rings is 2. The molecule has 0 radical (unpaired) electrons. The molecule has 1 atom stereocenters. The Kier molecular flexibility index (Phi) is 5.95.